The van der Waals surface area contributed by atoms with Crippen molar-refractivity contribution in [1.82, 2.24) is 5.32 Å². The monoisotopic (exact) mass is 205 g/mol. The summed E-state index contributed by atoms with van der Waals surface area (Å²) < 4.78 is 12.8. The maximum atomic E-state index is 12.8. The highest BCUT2D eigenvalue weighted by atomic mass is 19.1. The van der Waals surface area contributed by atoms with Gasteiger partial charge >= 0.3 is 0 Å². The van der Waals surface area contributed by atoms with Crippen molar-refractivity contribution >= 4 is 0 Å². The highest BCUT2D eigenvalue weighted by molar-refractivity contribution is 5.22. The molecule has 80 valence electrons. The molecule has 0 heterocycles. The predicted molar refractivity (Wildman–Crippen MR) is 60.1 cm³/mol. The summed E-state index contributed by atoms with van der Waals surface area (Å²) >= 11 is 0. The van der Waals surface area contributed by atoms with Gasteiger partial charge in [0, 0.05) is 12.6 Å². The second-order valence-electron chi connectivity index (χ2n) is 4.06. The summed E-state index contributed by atoms with van der Waals surface area (Å²) in [6, 6.07) is 7.16. The van der Waals surface area contributed by atoms with Gasteiger partial charge in [0.25, 0.3) is 0 Å². The third kappa shape index (κ3) is 2.66. The summed E-state index contributed by atoms with van der Waals surface area (Å²) in [4.78, 5) is 0. The van der Waals surface area contributed by atoms with Crippen LogP contribution in [0, 0.1) is 11.7 Å². The highest BCUT2D eigenvalue weighted by Crippen LogP contribution is 2.40. The van der Waals surface area contributed by atoms with Gasteiger partial charge in [0.15, 0.2) is 0 Å². The number of nitrogens with one attached hydrogen (secondary N) is 1. The number of hydrogen-bond acceptors (Lipinski definition) is 1. The molecule has 1 fully saturated rings. The van der Waals surface area contributed by atoms with Gasteiger partial charge in [-0.1, -0.05) is 18.2 Å². The molecular formula is C13H16FN. The zero-order valence-corrected chi connectivity index (χ0v) is 8.75. The van der Waals surface area contributed by atoms with E-state index in [9.17, 15) is 4.39 Å². The van der Waals surface area contributed by atoms with E-state index in [1.165, 1.54) is 30.5 Å². The maximum Gasteiger partial charge on any atom is 0.123 e. The van der Waals surface area contributed by atoms with Crippen molar-refractivity contribution in [2.24, 2.45) is 5.92 Å². The Kier molecular flexibility index (Phi) is 3.17. The van der Waals surface area contributed by atoms with E-state index in [0.717, 1.165) is 12.5 Å². The molecule has 1 saturated carbocycles. The van der Waals surface area contributed by atoms with E-state index in [2.05, 4.69) is 11.9 Å². The van der Waals surface area contributed by atoms with Gasteiger partial charge in [-0.15, -0.1) is 6.58 Å². The summed E-state index contributed by atoms with van der Waals surface area (Å²) in [7, 11) is 0. The molecule has 1 aromatic rings. The SMILES string of the molecule is C=CCNC(c1ccc(F)cc1)C1CC1. The van der Waals surface area contributed by atoms with Crippen molar-refractivity contribution < 1.29 is 4.39 Å². The minimum absolute atomic E-state index is 0.169. The number of benzene rings is 1. The Morgan fingerprint density at radius 1 is 1.40 bits per heavy atom. The third-order valence-electron chi connectivity index (χ3n) is 2.80. The lowest BCUT2D eigenvalue weighted by molar-refractivity contribution is 0.506. The molecule has 1 aliphatic carbocycles. The molecule has 2 rings (SSSR count). The quantitative estimate of drug-likeness (QED) is 0.728. The van der Waals surface area contributed by atoms with E-state index in [-0.39, 0.29) is 5.82 Å². The van der Waals surface area contributed by atoms with Gasteiger partial charge in [-0.25, -0.2) is 4.39 Å². The molecule has 2 heteroatoms. The Balaban J connectivity index is 2.09. The standard InChI is InChI=1S/C13H16FN/c1-2-9-15-13(10-3-4-10)11-5-7-12(14)8-6-11/h2,5-8,10,13,15H,1,3-4,9H2. The average Bonchev–Trinajstić information content (AvgIpc) is 3.05. The molecule has 1 unspecified atom stereocenters. The molecule has 0 radical (unpaired) electrons. The van der Waals surface area contributed by atoms with Crippen LogP contribution in [0.2, 0.25) is 0 Å². The fourth-order valence-electron chi connectivity index (χ4n) is 1.87. The molecule has 0 aromatic heterocycles. The fraction of sp³-hybridized carbons (Fsp3) is 0.385. The minimum atomic E-state index is -0.169. The van der Waals surface area contributed by atoms with E-state index < -0.39 is 0 Å². The van der Waals surface area contributed by atoms with Crippen LogP contribution in [-0.4, -0.2) is 6.54 Å². The second kappa shape index (κ2) is 4.58. The smallest absolute Gasteiger partial charge is 0.123 e. The van der Waals surface area contributed by atoms with E-state index in [1.54, 1.807) is 0 Å². The van der Waals surface area contributed by atoms with Crippen molar-refractivity contribution in [1.29, 1.82) is 0 Å². The maximum absolute atomic E-state index is 12.8. The van der Waals surface area contributed by atoms with E-state index >= 15 is 0 Å². The van der Waals surface area contributed by atoms with Gasteiger partial charge in [0.1, 0.15) is 5.82 Å². The fourth-order valence-corrected chi connectivity index (χ4v) is 1.87. The summed E-state index contributed by atoms with van der Waals surface area (Å²) in [6.45, 7) is 4.50. The Bertz CT molecular complexity index is 327. The van der Waals surface area contributed by atoms with Crippen LogP contribution in [0.25, 0.3) is 0 Å². The first kappa shape index (κ1) is 10.4. The number of rotatable bonds is 5. The zero-order chi connectivity index (χ0) is 10.7. The molecule has 0 amide bonds. The number of hydrogen-bond donors (Lipinski definition) is 1. The Morgan fingerprint density at radius 2 is 2.07 bits per heavy atom. The van der Waals surface area contributed by atoms with Crippen molar-refractivity contribution in [3.05, 3.63) is 48.3 Å². The van der Waals surface area contributed by atoms with Crippen LogP contribution in [0.5, 0.6) is 0 Å². The first-order chi connectivity index (χ1) is 7.31. The molecule has 1 aliphatic rings. The van der Waals surface area contributed by atoms with Gasteiger partial charge in [-0.3, -0.25) is 0 Å². The molecule has 1 nitrogen and oxygen atoms in total. The number of halogens is 1. The van der Waals surface area contributed by atoms with Crippen molar-refractivity contribution in [3.8, 4) is 0 Å². The summed E-state index contributed by atoms with van der Waals surface area (Å²) in [5.74, 6) is 0.549. The van der Waals surface area contributed by atoms with Crippen molar-refractivity contribution in [3.63, 3.8) is 0 Å². The summed E-state index contributed by atoms with van der Waals surface area (Å²) in [5, 5.41) is 3.43. The molecule has 15 heavy (non-hydrogen) atoms. The Hall–Kier alpha value is -1.15. The summed E-state index contributed by atoms with van der Waals surface area (Å²) in [5.41, 5.74) is 1.18. The lowest BCUT2D eigenvalue weighted by atomic mass is 10.0. The molecule has 1 aromatic carbocycles. The second-order valence-corrected chi connectivity index (χ2v) is 4.06. The Morgan fingerprint density at radius 3 is 2.60 bits per heavy atom. The third-order valence-corrected chi connectivity index (χ3v) is 2.80. The Labute approximate surface area is 90.0 Å². The van der Waals surface area contributed by atoms with Crippen LogP contribution < -0.4 is 5.32 Å². The van der Waals surface area contributed by atoms with E-state index in [4.69, 9.17) is 0 Å². The average molecular weight is 205 g/mol. The predicted octanol–water partition coefficient (Wildman–Crippen LogP) is 3.05. The first-order valence-electron chi connectivity index (χ1n) is 5.41. The summed E-state index contributed by atoms with van der Waals surface area (Å²) in [6.07, 6.45) is 4.40. The lowest BCUT2D eigenvalue weighted by Crippen LogP contribution is -2.23. The van der Waals surface area contributed by atoms with Crippen LogP contribution in [0.1, 0.15) is 24.4 Å². The van der Waals surface area contributed by atoms with Crippen molar-refractivity contribution in [2.75, 3.05) is 6.54 Å². The van der Waals surface area contributed by atoms with Gasteiger partial charge in [-0.2, -0.15) is 0 Å². The van der Waals surface area contributed by atoms with Crippen LogP contribution >= 0.6 is 0 Å². The van der Waals surface area contributed by atoms with Gasteiger partial charge in [0.05, 0.1) is 0 Å². The molecule has 0 saturated heterocycles. The van der Waals surface area contributed by atoms with Crippen LogP contribution in [-0.2, 0) is 0 Å². The van der Waals surface area contributed by atoms with Crippen LogP contribution in [0.3, 0.4) is 0 Å². The first-order valence-corrected chi connectivity index (χ1v) is 5.41. The largest absolute Gasteiger partial charge is 0.306 e. The van der Waals surface area contributed by atoms with Crippen molar-refractivity contribution in [2.45, 2.75) is 18.9 Å². The van der Waals surface area contributed by atoms with Gasteiger partial charge in [-0.05, 0) is 36.5 Å². The topological polar surface area (TPSA) is 12.0 Å². The minimum Gasteiger partial charge on any atom is -0.306 e. The van der Waals surface area contributed by atoms with Gasteiger partial charge in [0.2, 0.25) is 0 Å². The normalized spacial score (nSPS) is 17.4. The molecule has 0 spiro atoms. The molecular weight excluding hydrogens is 189 g/mol. The lowest BCUT2D eigenvalue weighted by Gasteiger charge is -2.17. The van der Waals surface area contributed by atoms with E-state index in [0.29, 0.717) is 6.04 Å². The van der Waals surface area contributed by atoms with Gasteiger partial charge < -0.3 is 5.32 Å². The molecule has 0 aliphatic heterocycles. The highest BCUT2D eigenvalue weighted by Gasteiger charge is 2.31. The van der Waals surface area contributed by atoms with E-state index in [1.807, 2.05) is 18.2 Å². The zero-order valence-electron chi connectivity index (χ0n) is 8.75. The van der Waals surface area contributed by atoms with Crippen LogP contribution in [0.4, 0.5) is 4.39 Å². The molecule has 0 bridgehead atoms. The molecule has 1 atom stereocenters. The van der Waals surface area contributed by atoms with Crippen LogP contribution in [0.15, 0.2) is 36.9 Å². The molecule has 1 N–H and O–H groups in total.